The molecule has 0 atom stereocenters. The van der Waals surface area contributed by atoms with Crippen molar-refractivity contribution in [3.8, 4) is 0 Å². The molecule has 0 aliphatic rings. The van der Waals surface area contributed by atoms with E-state index in [1.165, 1.54) is 0 Å². The number of nitrogens with zero attached hydrogens (tertiary/aromatic N) is 2. The second-order valence-electron chi connectivity index (χ2n) is 2.73. The lowest BCUT2D eigenvalue weighted by atomic mass is 10.2. The van der Waals surface area contributed by atoms with Crippen LogP contribution in [0.25, 0.3) is 10.8 Å². The van der Waals surface area contributed by atoms with Gasteiger partial charge in [0.2, 0.25) is 0 Å². The van der Waals surface area contributed by atoms with Crippen LogP contribution in [0.4, 0.5) is 11.6 Å². The number of fused-ring (bicyclic) bond motifs is 1. The maximum absolute atomic E-state index is 5.30. The van der Waals surface area contributed by atoms with Gasteiger partial charge in [0, 0.05) is 10.8 Å². The molecular formula is C8H12Cl2N6. The Balaban J connectivity index is 0.00000112. The number of nitrogens with two attached hydrogens (primary N) is 2. The quantitative estimate of drug-likeness (QED) is 0.477. The zero-order chi connectivity index (χ0) is 9.97. The van der Waals surface area contributed by atoms with E-state index in [9.17, 15) is 0 Å². The molecule has 0 aliphatic carbocycles. The van der Waals surface area contributed by atoms with E-state index >= 15 is 0 Å². The summed E-state index contributed by atoms with van der Waals surface area (Å²) in [6.07, 6.45) is 0. The summed E-state index contributed by atoms with van der Waals surface area (Å²) in [5.74, 6) is 11.7. The predicted molar refractivity (Wildman–Crippen MR) is 69.7 cm³/mol. The molecule has 0 unspecified atom stereocenters. The fraction of sp³-hybridized carbons (Fsp3) is 0. The Labute approximate surface area is 105 Å². The van der Waals surface area contributed by atoms with Crippen LogP contribution >= 0.6 is 24.8 Å². The number of hydrazine groups is 2. The zero-order valence-electron chi connectivity index (χ0n) is 8.18. The first-order valence-corrected chi connectivity index (χ1v) is 4.05. The lowest BCUT2D eigenvalue weighted by Crippen LogP contribution is -2.13. The van der Waals surface area contributed by atoms with Crippen molar-refractivity contribution in [1.29, 1.82) is 0 Å². The minimum Gasteiger partial charge on any atom is -0.306 e. The molecule has 6 N–H and O–H groups in total. The van der Waals surface area contributed by atoms with Gasteiger partial charge in [-0.05, 0) is 0 Å². The van der Waals surface area contributed by atoms with Crippen LogP contribution in [0.15, 0.2) is 24.3 Å². The van der Waals surface area contributed by atoms with E-state index in [1.807, 2.05) is 24.3 Å². The molecule has 0 bridgehead atoms. The molecule has 88 valence electrons. The average Bonchev–Trinajstić information content (AvgIpc) is 2.27. The number of nitrogens with one attached hydrogen (secondary N) is 2. The maximum atomic E-state index is 5.30. The molecule has 6 nitrogen and oxygen atoms in total. The summed E-state index contributed by atoms with van der Waals surface area (Å²) in [7, 11) is 0. The molecule has 2 aromatic rings. The molecule has 2 rings (SSSR count). The van der Waals surface area contributed by atoms with Gasteiger partial charge in [0.15, 0.2) is 11.6 Å². The van der Waals surface area contributed by atoms with Crippen LogP contribution in [0, 0.1) is 0 Å². The van der Waals surface area contributed by atoms with Gasteiger partial charge in [0.25, 0.3) is 0 Å². The number of halogens is 2. The van der Waals surface area contributed by atoms with Gasteiger partial charge in [-0.2, -0.15) is 0 Å². The van der Waals surface area contributed by atoms with Crippen LogP contribution in [0.5, 0.6) is 0 Å². The predicted octanol–water partition coefficient (Wildman–Crippen LogP) is 1.04. The van der Waals surface area contributed by atoms with E-state index in [0.29, 0.717) is 11.6 Å². The third-order valence-corrected chi connectivity index (χ3v) is 1.96. The van der Waals surface area contributed by atoms with E-state index in [4.69, 9.17) is 11.7 Å². The lowest BCUT2D eigenvalue weighted by Gasteiger charge is -2.06. The van der Waals surface area contributed by atoms with Crippen LogP contribution in [0.3, 0.4) is 0 Å². The molecule has 1 aromatic heterocycles. The normalized spacial score (nSPS) is 8.88. The monoisotopic (exact) mass is 262 g/mol. The van der Waals surface area contributed by atoms with Crippen LogP contribution in [0.2, 0.25) is 0 Å². The first kappa shape index (κ1) is 14.7. The van der Waals surface area contributed by atoms with E-state index in [-0.39, 0.29) is 24.8 Å². The minimum absolute atomic E-state index is 0. The van der Waals surface area contributed by atoms with Gasteiger partial charge in [0.05, 0.1) is 0 Å². The zero-order valence-corrected chi connectivity index (χ0v) is 9.81. The Bertz CT molecular complexity index is 421. The van der Waals surface area contributed by atoms with E-state index in [2.05, 4.69) is 21.0 Å². The van der Waals surface area contributed by atoms with Crippen molar-refractivity contribution < 1.29 is 0 Å². The fourth-order valence-corrected chi connectivity index (χ4v) is 1.32. The van der Waals surface area contributed by atoms with E-state index in [0.717, 1.165) is 10.8 Å². The van der Waals surface area contributed by atoms with Crippen molar-refractivity contribution in [2.24, 2.45) is 11.7 Å². The molecule has 16 heavy (non-hydrogen) atoms. The summed E-state index contributed by atoms with van der Waals surface area (Å²) >= 11 is 0. The summed E-state index contributed by atoms with van der Waals surface area (Å²) in [5.41, 5.74) is 4.96. The number of nitrogen functional groups attached to an aromatic ring is 2. The Morgan fingerprint density at radius 1 is 0.812 bits per heavy atom. The Kier molecular flexibility index (Phi) is 5.76. The fourth-order valence-electron chi connectivity index (χ4n) is 1.32. The summed E-state index contributed by atoms with van der Waals surface area (Å²) < 4.78 is 0. The molecule has 0 spiro atoms. The number of hydrogen-bond donors (Lipinski definition) is 4. The van der Waals surface area contributed by atoms with Crippen molar-refractivity contribution in [2.75, 3.05) is 10.9 Å². The molecule has 1 aromatic carbocycles. The van der Waals surface area contributed by atoms with Gasteiger partial charge in [-0.3, -0.25) is 0 Å². The third kappa shape index (κ3) is 2.42. The van der Waals surface area contributed by atoms with E-state index in [1.54, 1.807) is 0 Å². The molecule has 1 heterocycles. The van der Waals surface area contributed by atoms with Crippen molar-refractivity contribution in [3.63, 3.8) is 0 Å². The Morgan fingerprint density at radius 2 is 1.19 bits per heavy atom. The molecule has 0 amide bonds. The van der Waals surface area contributed by atoms with Gasteiger partial charge in [0.1, 0.15) is 0 Å². The third-order valence-electron chi connectivity index (χ3n) is 1.96. The van der Waals surface area contributed by atoms with Gasteiger partial charge < -0.3 is 10.9 Å². The average molecular weight is 263 g/mol. The van der Waals surface area contributed by atoms with Crippen LogP contribution in [-0.4, -0.2) is 10.2 Å². The summed E-state index contributed by atoms with van der Waals surface area (Å²) in [4.78, 5) is 0. The highest BCUT2D eigenvalue weighted by molar-refractivity contribution is 5.97. The summed E-state index contributed by atoms with van der Waals surface area (Å²) in [5, 5.41) is 9.48. The van der Waals surface area contributed by atoms with Crippen LogP contribution in [-0.2, 0) is 0 Å². The smallest absolute Gasteiger partial charge is 0.170 e. The largest absolute Gasteiger partial charge is 0.306 e. The minimum atomic E-state index is 0. The summed E-state index contributed by atoms with van der Waals surface area (Å²) in [6.45, 7) is 0. The number of anilines is 2. The maximum Gasteiger partial charge on any atom is 0.170 e. The highest BCUT2D eigenvalue weighted by Gasteiger charge is 2.05. The number of benzene rings is 1. The van der Waals surface area contributed by atoms with Gasteiger partial charge in [-0.15, -0.1) is 35.0 Å². The number of aromatic nitrogens is 2. The highest BCUT2D eigenvalue weighted by Crippen LogP contribution is 2.24. The van der Waals surface area contributed by atoms with Crippen LogP contribution in [0.1, 0.15) is 0 Å². The van der Waals surface area contributed by atoms with E-state index < -0.39 is 0 Å². The summed E-state index contributed by atoms with van der Waals surface area (Å²) in [6, 6.07) is 7.57. The number of hydrogen-bond acceptors (Lipinski definition) is 6. The van der Waals surface area contributed by atoms with Crippen molar-refractivity contribution in [1.82, 2.24) is 10.2 Å². The first-order chi connectivity index (χ1) is 6.86. The SMILES string of the molecule is Cl.Cl.NNc1nnc(NN)c2ccccc12. The first-order valence-electron chi connectivity index (χ1n) is 4.05. The van der Waals surface area contributed by atoms with Gasteiger partial charge in [-0.25, -0.2) is 11.7 Å². The van der Waals surface area contributed by atoms with Crippen molar-refractivity contribution in [3.05, 3.63) is 24.3 Å². The molecule has 0 aliphatic heterocycles. The lowest BCUT2D eigenvalue weighted by molar-refractivity contribution is 1.03. The topological polar surface area (TPSA) is 102 Å². The standard InChI is InChI=1S/C8H10N6.2ClH/c9-11-7-5-3-1-2-4-6(5)8(12-10)14-13-7;;/h1-4H,9-10H2,(H,11,13)(H,12,14);2*1H. The molecule has 0 radical (unpaired) electrons. The second-order valence-corrected chi connectivity index (χ2v) is 2.73. The second kappa shape index (κ2) is 6.29. The highest BCUT2D eigenvalue weighted by atomic mass is 35.5. The molecular weight excluding hydrogens is 251 g/mol. The molecule has 8 heteroatoms. The molecule has 0 fully saturated rings. The van der Waals surface area contributed by atoms with Crippen LogP contribution < -0.4 is 22.5 Å². The van der Waals surface area contributed by atoms with Gasteiger partial charge in [-0.1, -0.05) is 24.3 Å². The Hall–Kier alpha value is -1.34. The molecule has 0 saturated heterocycles. The number of rotatable bonds is 2. The van der Waals surface area contributed by atoms with Crippen molar-refractivity contribution >= 4 is 47.2 Å². The van der Waals surface area contributed by atoms with Gasteiger partial charge >= 0.3 is 0 Å². The molecule has 0 saturated carbocycles. The Morgan fingerprint density at radius 3 is 1.50 bits per heavy atom. The van der Waals surface area contributed by atoms with Crippen molar-refractivity contribution in [2.45, 2.75) is 0 Å².